The summed E-state index contributed by atoms with van der Waals surface area (Å²) in [5.74, 6) is -0.972. The van der Waals surface area contributed by atoms with E-state index < -0.39 is 11.6 Å². The fourth-order valence-corrected chi connectivity index (χ4v) is 2.06. The van der Waals surface area contributed by atoms with Crippen molar-refractivity contribution >= 4 is 11.2 Å². The monoisotopic (exact) mass is 244 g/mol. The number of rotatable bonds is 1. The zero-order valence-electron chi connectivity index (χ0n) is 9.40. The molecule has 0 amide bonds. The summed E-state index contributed by atoms with van der Waals surface area (Å²) in [4.78, 5) is 0. The van der Waals surface area contributed by atoms with Crippen LogP contribution in [-0.2, 0) is 0 Å². The largest absolute Gasteiger partial charge is 0.396 e. The van der Waals surface area contributed by atoms with Crippen molar-refractivity contribution in [3.8, 4) is 11.1 Å². The van der Waals surface area contributed by atoms with Crippen LogP contribution in [0.1, 0.15) is 0 Å². The summed E-state index contributed by atoms with van der Waals surface area (Å²) in [6.45, 7) is 0. The predicted octanol–water partition coefficient (Wildman–Crippen LogP) is 3.47. The van der Waals surface area contributed by atoms with Crippen LogP contribution in [-0.4, -0.2) is 4.40 Å². The number of hydrogen-bond acceptors (Lipinski definition) is 1. The molecule has 0 spiro atoms. The molecule has 0 radical (unpaired) electrons. The van der Waals surface area contributed by atoms with Gasteiger partial charge in [-0.2, -0.15) is 0 Å². The highest BCUT2D eigenvalue weighted by molar-refractivity contribution is 5.88. The third kappa shape index (κ3) is 1.54. The van der Waals surface area contributed by atoms with Crippen molar-refractivity contribution in [2.24, 2.45) is 0 Å². The summed E-state index contributed by atoms with van der Waals surface area (Å²) in [6, 6.07) is 8.86. The average molecular weight is 244 g/mol. The van der Waals surface area contributed by atoms with Crippen LogP contribution >= 0.6 is 0 Å². The van der Waals surface area contributed by atoms with Gasteiger partial charge >= 0.3 is 0 Å². The van der Waals surface area contributed by atoms with Gasteiger partial charge in [0.25, 0.3) is 0 Å². The van der Waals surface area contributed by atoms with E-state index in [0.717, 1.165) is 23.7 Å². The molecule has 0 aliphatic rings. The Morgan fingerprint density at radius 1 is 1.00 bits per heavy atom. The van der Waals surface area contributed by atoms with E-state index in [1.807, 2.05) is 24.4 Å². The van der Waals surface area contributed by atoms with E-state index in [1.54, 1.807) is 10.6 Å². The zero-order chi connectivity index (χ0) is 12.7. The van der Waals surface area contributed by atoms with E-state index in [1.165, 1.54) is 0 Å². The van der Waals surface area contributed by atoms with Gasteiger partial charge in [0, 0.05) is 23.5 Å². The van der Waals surface area contributed by atoms with Crippen LogP contribution in [0, 0.1) is 11.6 Å². The van der Waals surface area contributed by atoms with Crippen molar-refractivity contribution < 1.29 is 8.78 Å². The molecule has 3 rings (SSSR count). The lowest BCUT2D eigenvalue weighted by Crippen LogP contribution is -1.90. The number of halogens is 2. The molecule has 0 aliphatic heterocycles. The number of hydrogen-bond donors (Lipinski definition) is 1. The highest BCUT2D eigenvalue weighted by Crippen LogP contribution is 2.32. The first-order valence-corrected chi connectivity index (χ1v) is 5.47. The van der Waals surface area contributed by atoms with Crippen molar-refractivity contribution in [3.63, 3.8) is 0 Å². The maximum atomic E-state index is 13.7. The Hall–Kier alpha value is -2.36. The number of pyridine rings is 1. The van der Waals surface area contributed by atoms with Crippen molar-refractivity contribution in [2.45, 2.75) is 0 Å². The van der Waals surface area contributed by atoms with Crippen LogP contribution < -0.4 is 5.73 Å². The van der Waals surface area contributed by atoms with Gasteiger partial charge < -0.3 is 10.1 Å². The second-order valence-electron chi connectivity index (χ2n) is 4.07. The molecule has 0 saturated heterocycles. The third-order valence-electron chi connectivity index (χ3n) is 2.94. The Morgan fingerprint density at radius 2 is 1.83 bits per heavy atom. The molecule has 2 heterocycles. The van der Waals surface area contributed by atoms with Gasteiger partial charge in [0.1, 0.15) is 11.6 Å². The van der Waals surface area contributed by atoms with Crippen LogP contribution in [0.5, 0.6) is 0 Å². The molecule has 0 unspecified atom stereocenters. The standard InChI is InChI=1S/C14H10F2N2/c15-9-4-5-12(16)10(7-9)11-8-18-6-2-1-3-13(18)14(11)17/h1-8H,17H2. The first kappa shape index (κ1) is 10.8. The minimum absolute atomic E-state index is 0.177. The van der Waals surface area contributed by atoms with Crippen molar-refractivity contribution in [2.75, 3.05) is 5.73 Å². The molecular formula is C14H10F2N2. The molecule has 3 aromatic rings. The maximum absolute atomic E-state index is 13.7. The minimum atomic E-state index is -0.487. The summed E-state index contributed by atoms with van der Waals surface area (Å²) in [5, 5.41) is 0. The Bertz CT molecular complexity index is 732. The average Bonchev–Trinajstić information content (AvgIpc) is 2.71. The van der Waals surface area contributed by atoms with Gasteiger partial charge in [0.05, 0.1) is 11.2 Å². The molecule has 18 heavy (non-hydrogen) atoms. The smallest absolute Gasteiger partial charge is 0.131 e. The number of nitrogens with zero attached hydrogens (tertiary/aromatic N) is 1. The second-order valence-corrected chi connectivity index (χ2v) is 4.07. The topological polar surface area (TPSA) is 30.4 Å². The lowest BCUT2D eigenvalue weighted by atomic mass is 10.1. The summed E-state index contributed by atoms with van der Waals surface area (Å²) in [6.07, 6.45) is 3.51. The third-order valence-corrected chi connectivity index (χ3v) is 2.94. The quantitative estimate of drug-likeness (QED) is 0.698. The highest BCUT2D eigenvalue weighted by Gasteiger charge is 2.13. The van der Waals surface area contributed by atoms with E-state index in [2.05, 4.69) is 0 Å². The molecular weight excluding hydrogens is 234 g/mol. The molecule has 1 aromatic carbocycles. The van der Waals surface area contributed by atoms with Gasteiger partial charge in [-0.1, -0.05) is 6.07 Å². The molecule has 2 aromatic heterocycles. The van der Waals surface area contributed by atoms with E-state index in [4.69, 9.17) is 5.73 Å². The highest BCUT2D eigenvalue weighted by atomic mass is 19.1. The van der Waals surface area contributed by atoms with E-state index >= 15 is 0 Å². The molecule has 90 valence electrons. The Balaban J connectivity index is 2.31. The molecule has 2 N–H and O–H groups in total. The zero-order valence-corrected chi connectivity index (χ0v) is 9.40. The first-order chi connectivity index (χ1) is 8.66. The Labute approximate surface area is 102 Å². The van der Waals surface area contributed by atoms with Crippen LogP contribution in [0.15, 0.2) is 48.8 Å². The first-order valence-electron chi connectivity index (χ1n) is 5.47. The van der Waals surface area contributed by atoms with E-state index in [0.29, 0.717) is 11.3 Å². The summed E-state index contributed by atoms with van der Waals surface area (Å²) >= 11 is 0. The maximum Gasteiger partial charge on any atom is 0.131 e. The normalized spacial score (nSPS) is 11.0. The molecule has 2 nitrogen and oxygen atoms in total. The Kier molecular flexibility index (Phi) is 2.30. The molecule has 0 bridgehead atoms. The van der Waals surface area contributed by atoms with Crippen LogP contribution in [0.3, 0.4) is 0 Å². The van der Waals surface area contributed by atoms with Gasteiger partial charge in [-0.25, -0.2) is 8.78 Å². The van der Waals surface area contributed by atoms with E-state index in [9.17, 15) is 8.78 Å². The molecule has 0 saturated carbocycles. The van der Waals surface area contributed by atoms with Crippen LogP contribution in [0.4, 0.5) is 14.5 Å². The van der Waals surface area contributed by atoms with Crippen LogP contribution in [0.2, 0.25) is 0 Å². The molecule has 4 heteroatoms. The van der Waals surface area contributed by atoms with Gasteiger partial charge in [-0.3, -0.25) is 0 Å². The fraction of sp³-hybridized carbons (Fsp3) is 0. The summed E-state index contributed by atoms with van der Waals surface area (Å²) in [5.41, 5.74) is 7.87. The van der Waals surface area contributed by atoms with Gasteiger partial charge in [0.2, 0.25) is 0 Å². The molecule has 0 aliphatic carbocycles. The summed E-state index contributed by atoms with van der Waals surface area (Å²) < 4.78 is 28.7. The number of nitrogens with two attached hydrogens (primary N) is 1. The number of aromatic nitrogens is 1. The Morgan fingerprint density at radius 3 is 2.61 bits per heavy atom. The van der Waals surface area contributed by atoms with E-state index in [-0.39, 0.29) is 5.56 Å². The number of benzene rings is 1. The van der Waals surface area contributed by atoms with Gasteiger partial charge in [0.15, 0.2) is 0 Å². The lowest BCUT2D eigenvalue weighted by molar-refractivity contribution is 0.603. The lowest BCUT2D eigenvalue weighted by Gasteiger charge is -2.02. The van der Waals surface area contributed by atoms with Crippen LogP contribution in [0.25, 0.3) is 16.6 Å². The van der Waals surface area contributed by atoms with Crippen molar-refractivity contribution in [3.05, 3.63) is 60.4 Å². The van der Waals surface area contributed by atoms with Gasteiger partial charge in [-0.15, -0.1) is 0 Å². The number of nitrogen functional groups attached to an aromatic ring is 1. The number of anilines is 1. The predicted molar refractivity (Wildman–Crippen MR) is 67.2 cm³/mol. The molecule has 0 atom stereocenters. The van der Waals surface area contributed by atoms with Crippen molar-refractivity contribution in [1.29, 1.82) is 0 Å². The molecule has 0 fully saturated rings. The SMILES string of the molecule is Nc1c(-c2cc(F)ccc2F)cn2ccccc12. The second kappa shape index (κ2) is 3.84. The van der Waals surface area contributed by atoms with Gasteiger partial charge in [-0.05, 0) is 30.3 Å². The fourth-order valence-electron chi connectivity index (χ4n) is 2.06. The van der Waals surface area contributed by atoms with Crippen molar-refractivity contribution in [1.82, 2.24) is 4.40 Å². The summed E-state index contributed by atoms with van der Waals surface area (Å²) in [7, 11) is 0. The number of fused-ring (bicyclic) bond motifs is 1. The minimum Gasteiger partial charge on any atom is -0.396 e.